The number of thioether (sulfide) groups is 1. The Kier molecular flexibility index (Phi) is 2.90. The first-order chi connectivity index (χ1) is 6.83. The second-order valence-corrected chi connectivity index (χ2v) is 4.52. The van der Waals surface area contributed by atoms with Crippen LogP contribution in [0.5, 0.6) is 0 Å². The van der Waals surface area contributed by atoms with Gasteiger partial charge in [0, 0.05) is 11.5 Å². The number of rotatable bonds is 2. The zero-order valence-electron chi connectivity index (χ0n) is 7.68. The van der Waals surface area contributed by atoms with E-state index in [0.717, 1.165) is 12.6 Å². The van der Waals surface area contributed by atoms with Crippen LogP contribution in [-0.2, 0) is 19.1 Å². The summed E-state index contributed by atoms with van der Waals surface area (Å²) in [6, 6.07) is 0. The second kappa shape index (κ2) is 4.00. The number of carbonyl (C=O) groups excluding carboxylic acids is 2. The summed E-state index contributed by atoms with van der Waals surface area (Å²) in [7, 11) is 0. The maximum atomic E-state index is 10.9. The molecule has 0 aromatic heterocycles. The number of hydrogen-bond acceptors (Lipinski definition) is 5. The van der Waals surface area contributed by atoms with Crippen molar-refractivity contribution in [3.05, 3.63) is 0 Å². The van der Waals surface area contributed by atoms with Crippen LogP contribution in [0.25, 0.3) is 0 Å². The largest absolute Gasteiger partial charge is 0.346 e. The summed E-state index contributed by atoms with van der Waals surface area (Å²) in [5.74, 6) is -0.242. The first kappa shape index (κ1) is 10.1. The van der Waals surface area contributed by atoms with Crippen molar-refractivity contribution in [2.45, 2.75) is 5.79 Å². The molecule has 2 rings (SSSR count). The van der Waals surface area contributed by atoms with Gasteiger partial charge in [-0.05, 0) is 0 Å². The number of ether oxygens (including phenoxy) is 2. The molecule has 0 saturated carbocycles. The molecule has 2 aliphatic rings. The minimum atomic E-state index is -0.950. The van der Waals surface area contributed by atoms with Crippen molar-refractivity contribution < 1.29 is 19.1 Å². The summed E-state index contributed by atoms with van der Waals surface area (Å²) in [5.41, 5.74) is 0. The van der Waals surface area contributed by atoms with Gasteiger partial charge in [-0.3, -0.25) is 0 Å². The lowest BCUT2D eigenvalue weighted by Gasteiger charge is -2.40. The quantitative estimate of drug-likeness (QED) is 0.613. The Balaban J connectivity index is 2.26. The lowest BCUT2D eigenvalue weighted by Crippen LogP contribution is -2.52. The normalized spacial score (nSPS) is 35.7. The molecule has 0 bridgehead atoms. The average molecular weight is 216 g/mol. The van der Waals surface area contributed by atoms with Gasteiger partial charge in [-0.25, -0.2) is 0 Å². The number of carbonyl (C=O) groups is 2. The molecule has 5 heteroatoms. The van der Waals surface area contributed by atoms with E-state index in [1.54, 1.807) is 11.8 Å². The summed E-state index contributed by atoms with van der Waals surface area (Å²) in [4.78, 5) is 21.8. The molecule has 0 N–H and O–H groups in total. The molecule has 2 fully saturated rings. The molecule has 2 saturated heterocycles. The van der Waals surface area contributed by atoms with E-state index in [1.807, 2.05) is 0 Å². The Morgan fingerprint density at radius 1 is 1.07 bits per heavy atom. The van der Waals surface area contributed by atoms with Crippen LogP contribution < -0.4 is 0 Å². The highest BCUT2D eigenvalue weighted by Gasteiger charge is 2.52. The summed E-state index contributed by atoms with van der Waals surface area (Å²) < 4.78 is 11.0. The summed E-state index contributed by atoms with van der Waals surface area (Å²) in [5, 5.41) is 0. The van der Waals surface area contributed by atoms with E-state index in [9.17, 15) is 9.59 Å². The van der Waals surface area contributed by atoms with Crippen LogP contribution in [0.15, 0.2) is 0 Å². The first-order valence-electron chi connectivity index (χ1n) is 4.59. The Morgan fingerprint density at radius 3 is 2.00 bits per heavy atom. The Morgan fingerprint density at radius 2 is 1.57 bits per heavy atom. The molecule has 4 nitrogen and oxygen atoms in total. The van der Waals surface area contributed by atoms with Crippen LogP contribution in [0.1, 0.15) is 0 Å². The monoisotopic (exact) mass is 216 g/mol. The van der Waals surface area contributed by atoms with Crippen molar-refractivity contribution in [3.8, 4) is 0 Å². The summed E-state index contributed by atoms with van der Waals surface area (Å²) >= 11 is 1.60. The SMILES string of the molecule is O=C[C@@H]1CSC[C@H](C=O)C12OCCO2. The van der Waals surface area contributed by atoms with Crippen LogP contribution in [-0.4, -0.2) is 43.1 Å². The van der Waals surface area contributed by atoms with Gasteiger partial charge >= 0.3 is 0 Å². The summed E-state index contributed by atoms with van der Waals surface area (Å²) in [6.45, 7) is 0.943. The van der Waals surface area contributed by atoms with Crippen LogP contribution >= 0.6 is 11.8 Å². The van der Waals surface area contributed by atoms with Gasteiger partial charge in [-0.1, -0.05) is 0 Å². The Labute approximate surface area is 86.3 Å². The minimum absolute atomic E-state index is 0.320. The Hall–Kier alpha value is -0.390. The molecular weight excluding hydrogens is 204 g/mol. The van der Waals surface area contributed by atoms with Gasteiger partial charge in [0.25, 0.3) is 0 Å². The average Bonchev–Trinajstić information content (AvgIpc) is 2.68. The third-order valence-corrected chi connectivity index (χ3v) is 3.89. The Bertz CT molecular complexity index is 219. The van der Waals surface area contributed by atoms with E-state index >= 15 is 0 Å². The van der Waals surface area contributed by atoms with Gasteiger partial charge in [-0.15, -0.1) is 0 Å². The lowest BCUT2D eigenvalue weighted by molar-refractivity contribution is -0.212. The highest BCUT2D eigenvalue weighted by atomic mass is 32.2. The molecule has 2 heterocycles. The molecule has 78 valence electrons. The van der Waals surface area contributed by atoms with E-state index < -0.39 is 5.79 Å². The van der Waals surface area contributed by atoms with Crippen molar-refractivity contribution in [2.75, 3.05) is 24.7 Å². The van der Waals surface area contributed by atoms with E-state index in [2.05, 4.69) is 0 Å². The fourth-order valence-electron chi connectivity index (χ4n) is 1.97. The van der Waals surface area contributed by atoms with Crippen LogP contribution in [0.2, 0.25) is 0 Å². The van der Waals surface area contributed by atoms with Gasteiger partial charge < -0.3 is 19.1 Å². The highest BCUT2D eigenvalue weighted by Crippen LogP contribution is 2.41. The molecule has 2 atom stereocenters. The summed E-state index contributed by atoms with van der Waals surface area (Å²) in [6.07, 6.45) is 1.68. The van der Waals surface area contributed by atoms with Crippen LogP contribution in [0.3, 0.4) is 0 Å². The molecule has 0 radical (unpaired) electrons. The van der Waals surface area contributed by atoms with Crippen molar-refractivity contribution in [2.24, 2.45) is 11.8 Å². The zero-order valence-corrected chi connectivity index (χ0v) is 8.50. The smallest absolute Gasteiger partial charge is 0.188 e. The molecule has 0 aromatic rings. The topological polar surface area (TPSA) is 52.6 Å². The molecule has 1 spiro atoms. The standard InChI is InChI=1S/C9H12O4S/c10-3-7-5-14-6-8(4-11)9(7)12-1-2-13-9/h3-4,7-8H,1-2,5-6H2/t7-,8+. The predicted molar refractivity (Wildman–Crippen MR) is 51.1 cm³/mol. The van der Waals surface area contributed by atoms with Gasteiger partial charge in [0.05, 0.1) is 25.0 Å². The van der Waals surface area contributed by atoms with Crippen LogP contribution in [0.4, 0.5) is 0 Å². The van der Waals surface area contributed by atoms with Crippen molar-refractivity contribution in [3.63, 3.8) is 0 Å². The van der Waals surface area contributed by atoms with E-state index in [4.69, 9.17) is 9.47 Å². The molecule has 0 aromatic carbocycles. The van der Waals surface area contributed by atoms with Gasteiger partial charge in [0.2, 0.25) is 0 Å². The fourth-order valence-corrected chi connectivity index (χ4v) is 3.24. The molecular formula is C9H12O4S. The third-order valence-electron chi connectivity index (χ3n) is 2.70. The van der Waals surface area contributed by atoms with E-state index in [-0.39, 0.29) is 11.8 Å². The maximum absolute atomic E-state index is 10.9. The maximum Gasteiger partial charge on any atom is 0.188 e. The van der Waals surface area contributed by atoms with Gasteiger partial charge in [0.1, 0.15) is 12.6 Å². The van der Waals surface area contributed by atoms with Gasteiger partial charge in [0.15, 0.2) is 5.79 Å². The van der Waals surface area contributed by atoms with E-state index in [0.29, 0.717) is 24.7 Å². The third kappa shape index (κ3) is 1.39. The molecule has 2 aliphatic heterocycles. The van der Waals surface area contributed by atoms with Gasteiger partial charge in [-0.2, -0.15) is 11.8 Å². The van der Waals surface area contributed by atoms with E-state index in [1.165, 1.54) is 0 Å². The van der Waals surface area contributed by atoms with Crippen molar-refractivity contribution in [1.82, 2.24) is 0 Å². The van der Waals surface area contributed by atoms with Crippen molar-refractivity contribution >= 4 is 24.3 Å². The molecule has 0 unspecified atom stereocenters. The van der Waals surface area contributed by atoms with Crippen molar-refractivity contribution in [1.29, 1.82) is 0 Å². The number of hydrogen-bond donors (Lipinski definition) is 0. The molecule has 0 amide bonds. The van der Waals surface area contributed by atoms with Crippen LogP contribution in [0, 0.1) is 11.8 Å². The minimum Gasteiger partial charge on any atom is -0.346 e. The molecule has 0 aliphatic carbocycles. The fraction of sp³-hybridized carbons (Fsp3) is 0.778. The number of aldehydes is 2. The molecule has 14 heavy (non-hydrogen) atoms. The highest BCUT2D eigenvalue weighted by molar-refractivity contribution is 7.99. The lowest BCUT2D eigenvalue weighted by atomic mass is 9.90. The first-order valence-corrected chi connectivity index (χ1v) is 5.75. The second-order valence-electron chi connectivity index (χ2n) is 3.44. The zero-order chi connectivity index (χ0) is 10.0. The predicted octanol–water partition coefficient (Wildman–Crippen LogP) is 0.106.